The fraction of sp³-hybridized carbons (Fsp3) is 0.111. The van der Waals surface area contributed by atoms with E-state index in [9.17, 15) is 22.4 Å². The van der Waals surface area contributed by atoms with Gasteiger partial charge in [-0.25, -0.2) is 14.4 Å². The highest BCUT2D eigenvalue weighted by Gasteiger charge is 2.31. The van der Waals surface area contributed by atoms with Crippen molar-refractivity contribution in [1.82, 2.24) is 15.0 Å². The number of rotatable bonds is 4. The highest BCUT2D eigenvalue weighted by atomic mass is 19.4. The van der Waals surface area contributed by atoms with Crippen LogP contribution in [0, 0.1) is 5.82 Å². The van der Waals surface area contributed by atoms with E-state index >= 15 is 0 Å². The van der Waals surface area contributed by atoms with E-state index < -0.39 is 29.2 Å². The maximum absolute atomic E-state index is 14.2. The lowest BCUT2D eigenvalue weighted by atomic mass is 10.2. The molecule has 1 amide bonds. The second-order valence-corrected chi connectivity index (χ2v) is 5.70. The minimum Gasteiger partial charge on any atom is -0.340 e. The fourth-order valence-electron chi connectivity index (χ4n) is 2.38. The Labute approximate surface area is 156 Å². The fourth-order valence-corrected chi connectivity index (χ4v) is 2.38. The summed E-state index contributed by atoms with van der Waals surface area (Å²) in [6.07, 6.45) is 0.583. The molecule has 0 aliphatic carbocycles. The van der Waals surface area contributed by atoms with Crippen LogP contribution in [0.15, 0.2) is 55.2 Å². The van der Waals surface area contributed by atoms with Crippen molar-refractivity contribution in [3.05, 3.63) is 72.3 Å². The van der Waals surface area contributed by atoms with Crippen LogP contribution in [-0.4, -0.2) is 27.9 Å². The minimum atomic E-state index is -4.60. The Morgan fingerprint density at radius 3 is 2.50 bits per heavy atom. The molecular weight excluding hydrogens is 378 g/mol. The van der Waals surface area contributed by atoms with Crippen LogP contribution in [0.3, 0.4) is 0 Å². The molecule has 2 heterocycles. The Morgan fingerprint density at radius 2 is 1.82 bits per heavy atom. The molecule has 1 N–H and O–H groups in total. The zero-order chi connectivity index (χ0) is 20.3. The van der Waals surface area contributed by atoms with E-state index in [0.29, 0.717) is 11.8 Å². The molecule has 6 nitrogen and oxygen atoms in total. The van der Waals surface area contributed by atoms with Crippen molar-refractivity contribution in [3.8, 4) is 0 Å². The number of anilines is 3. The quantitative estimate of drug-likeness (QED) is 0.680. The van der Waals surface area contributed by atoms with Gasteiger partial charge in [-0.3, -0.25) is 9.78 Å². The highest BCUT2D eigenvalue weighted by molar-refractivity contribution is 6.03. The second-order valence-electron chi connectivity index (χ2n) is 5.70. The van der Waals surface area contributed by atoms with Gasteiger partial charge in [-0.05, 0) is 30.3 Å². The normalized spacial score (nSPS) is 11.2. The van der Waals surface area contributed by atoms with Crippen LogP contribution in [0.5, 0.6) is 0 Å². The third-order valence-corrected chi connectivity index (χ3v) is 3.82. The molecule has 144 valence electrons. The summed E-state index contributed by atoms with van der Waals surface area (Å²) in [7, 11) is 1.58. The predicted octanol–water partition coefficient (Wildman–Crippen LogP) is 4.05. The topological polar surface area (TPSA) is 71.0 Å². The number of alkyl halides is 3. The first-order valence-corrected chi connectivity index (χ1v) is 7.88. The molecule has 0 saturated carbocycles. The minimum absolute atomic E-state index is 0.115. The zero-order valence-electron chi connectivity index (χ0n) is 14.4. The van der Waals surface area contributed by atoms with Crippen molar-refractivity contribution in [2.24, 2.45) is 0 Å². The molecule has 0 bridgehead atoms. The summed E-state index contributed by atoms with van der Waals surface area (Å²) in [5, 5.41) is 2.42. The molecule has 2 aromatic heterocycles. The second kappa shape index (κ2) is 7.59. The van der Waals surface area contributed by atoms with Crippen molar-refractivity contribution in [3.63, 3.8) is 0 Å². The van der Waals surface area contributed by atoms with Crippen LogP contribution in [0.2, 0.25) is 0 Å². The van der Waals surface area contributed by atoms with Gasteiger partial charge in [0, 0.05) is 18.9 Å². The summed E-state index contributed by atoms with van der Waals surface area (Å²) in [5.74, 6) is -1.42. The number of carbonyl (C=O) groups excluding carboxylic acids is 1. The van der Waals surface area contributed by atoms with Gasteiger partial charge in [0.25, 0.3) is 5.91 Å². The molecule has 0 aliphatic rings. The van der Waals surface area contributed by atoms with Gasteiger partial charge in [0.2, 0.25) is 0 Å². The van der Waals surface area contributed by atoms with Crippen molar-refractivity contribution in [2.75, 3.05) is 17.3 Å². The molecule has 3 rings (SSSR count). The standard InChI is InChI=1S/C18H13F4N5O/c1-27(13-8-23-10-24-9-13)16-7-12(2-3-14(16)19)26-17(28)15-6-11(4-5-25-15)18(20,21)22/h2-10H,1H3,(H,26,28). The Balaban J connectivity index is 1.85. The summed E-state index contributed by atoms with van der Waals surface area (Å²) in [6, 6.07) is 5.18. The largest absolute Gasteiger partial charge is 0.416 e. The van der Waals surface area contributed by atoms with Crippen LogP contribution in [-0.2, 0) is 6.18 Å². The Morgan fingerprint density at radius 1 is 1.11 bits per heavy atom. The average molecular weight is 391 g/mol. The van der Waals surface area contributed by atoms with Crippen molar-refractivity contribution < 1.29 is 22.4 Å². The van der Waals surface area contributed by atoms with Crippen molar-refractivity contribution >= 4 is 23.0 Å². The van der Waals surface area contributed by atoms with Crippen LogP contribution in [0.1, 0.15) is 16.1 Å². The molecule has 0 radical (unpaired) electrons. The van der Waals surface area contributed by atoms with Crippen LogP contribution < -0.4 is 10.2 Å². The lowest BCUT2D eigenvalue weighted by molar-refractivity contribution is -0.137. The first-order chi connectivity index (χ1) is 13.3. The van der Waals surface area contributed by atoms with Crippen molar-refractivity contribution in [1.29, 1.82) is 0 Å². The van der Waals surface area contributed by atoms with Gasteiger partial charge in [0.05, 0.1) is 29.3 Å². The SMILES string of the molecule is CN(c1cncnc1)c1cc(NC(=O)c2cc(C(F)(F)F)ccn2)ccc1F. The maximum atomic E-state index is 14.2. The van der Waals surface area contributed by atoms with E-state index in [1.807, 2.05) is 0 Å². The zero-order valence-corrected chi connectivity index (χ0v) is 14.4. The summed E-state index contributed by atoms with van der Waals surface area (Å²) in [5.41, 5.74) is -0.597. The number of nitrogens with one attached hydrogen (secondary N) is 1. The smallest absolute Gasteiger partial charge is 0.340 e. The number of hydrogen-bond donors (Lipinski definition) is 1. The van der Waals surface area contributed by atoms with Crippen LogP contribution >= 0.6 is 0 Å². The molecular formula is C18H13F4N5O. The van der Waals surface area contributed by atoms with Gasteiger partial charge >= 0.3 is 6.18 Å². The average Bonchev–Trinajstić information content (AvgIpc) is 2.69. The predicted molar refractivity (Wildman–Crippen MR) is 93.7 cm³/mol. The monoisotopic (exact) mass is 391 g/mol. The molecule has 10 heteroatoms. The molecule has 1 aromatic carbocycles. The van der Waals surface area contributed by atoms with E-state index in [2.05, 4.69) is 20.3 Å². The lowest BCUT2D eigenvalue weighted by Crippen LogP contribution is -2.17. The molecule has 0 spiro atoms. The number of aromatic nitrogens is 3. The number of hydrogen-bond acceptors (Lipinski definition) is 5. The van der Waals surface area contributed by atoms with Gasteiger partial charge in [0.15, 0.2) is 0 Å². The summed E-state index contributed by atoms with van der Waals surface area (Å²) in [6.45, 7) is 0. The summed E-state index contributed by atoms with van der Waals surface area (Å²) < 4.78 is 52.6. The van der Waals surface area contributed by atoms with E-state index in [-0.39, 0.29) is 11.4 Å². The number of benzene rings is 1. The Hall–Kier alpha value is -3.56. The number of nitrogens with zero attached hydrogens (tertiary/aromatic N) is 4. The van der Waals surface area contributed by atoms with Crippen molar-refractivity contribution in [2.45, 2.75) is 6.18 Å². The molecule has 3 aromatic rings. The van der Waals surface area contributed by atoms with E-state index in [4.69, 9.17) is 0 Å². The van der Waals surface area contributed by atoms with Gasteiger partial charge in [-0.2, -0.15) is 13.2 Å². The van der Waals surface area contributed by atoms with Gasteiger partial charge in [-0.15, -0.1) is 0 Å². The van der Waals surface area contributed by atoms with Gasteiger partial charge in [0.1, 0.15) is 17.8 Å². The number of pyridine rings is 1. The first-order valence-electron chi connectivity index (χ1n) is 7.88. The third kappa shape index (κ3) is 4.22. The molecule has 28 heavy (non-hydrogen) atoms. The maximum Gasteiger partial charge on any atom is 0.416 e. The number of carbonyl (C=O) groups is 1. The molecule has 0 saturated heterocycles. The van der Waals surface area contributed by atoms with Gasteiger partial charge < -0.3 is 10.2 Å². The molecule has 0 aliphatic heterocycles. The van der Waals surface area contributed by atoms with E-state index in [1.165, 1.54) is 35.8 Å². The Bertz CT molecular complexity index is 995. The summed E-state index contributed by atoms with van der Waals surface area (Å²) >= 11 is 0. The van der Waals surface area contributed by atoms with Crippen LogP contribution in [0.4, 0.5) is 34.6 Å². The van der Waals surface area contributed by atoms with Crippen LogP contribution in [0.25, 0.3) is 0 Å². The van der Waals surface area contributed by atoms with Gasteiger partial charge in [-0.1, -0.05) is 0 Å². The molecule has 0 fully saturated rings. The molecule has 0 atom stereocenters. The third-order valence-electron chi connectivity index (χ3n) is 3.82. The Kier molecular flexibility index (Phi) is 5.21. The first kappa shape index (κ1) is 19.2. The van der Waals surface area contributed by atoms with E-state index in [1.54, 1.807) is 7.05 Å². The number of amides is 1. The summed E-state index contributed by atoms with van der Waals surface area (Å²) in [4.78, 5) is 25.1. The lowest BCUT2D eigenvalue weighted by Gasteiger charge is -2.20. The van der Waals surface area contributed by atoms with E-state index in [0.717, 1.165) is 18.3 Å². The number of halogens is 4. The molecule has 0 unspecified atom stereocenters. The highest BCUT2D eigenvalue weighted by Crippen LogP contribution is 2.30.